The fourth-order valence-corrected chi connectivity index (χ4v) is 2.25. The third-order valence-electron chi connectivity index (χ3n) is 4.64. The van der Waals surface area contributed by atoms with Gasteiger partial charge in [-0.2, -0.15) is 0 Å². The molecule has 1 saturated heterocycles. The van der Waals surface area contributed by atoms with Crippen molar-refractivity contribution in [2.75, 3.05) is 26.7 Å². The second-order valence-electron chi connectivity index (χ2n) is 6.56. The van der Waals surface area contributed by atoms with Crippen molar-refractivity contribution in [2.24, 2.45) is 11.3 Å². The smallest absolute Gasteiger partial charge is 0.0685 e. The normalized spacial score (nSPS) is 19.3. The Balaban J connectivity index is 0.00000137. The van der Waals surface area contributed by atoms with Crippen molar-refractivity contribution >= 4 is 0 Å². The number of nitrogens with zero attached hydrogens (tertiary/aromatic N) is 1. The molecule has 2 nitrogen and oxygen atoms in total. The first-order valence-electron chi connectivity index (χ1n) is 7.56. The Morgan fingerprint density at radius 1 is 1.06 bits per heavy atom. The molecule has 0 aromatic carbocycles. The molecule has 0 amide bonds. The van der Waals surface area contributed by atoms with E-state index in [2.05, 4.69) is 39.5 Å². The molecule has 0 radical (unpaired) electrons. The van der Waals surface area contributed by atoms with Gasteiger partial charge in [-0.05, 0) is 45.7 Å². The van der Waals surface area contributed by atoms with E-state index in [4.69, 9.17) is 4.74 Å². The van der Waals surface area contributed by atoms with Crippen LogP contribution in [-0.2, 0) is 4.74 Å². The predicted octanol–water partition coefficient (Wildman–Crippen LogP) is 4.20. The second kappa shape index (κ2) is 7.49. The Morgan fingerprint density at radius 3 is 1.89 bits per heavy atom. The highest BCUT2D eigenvalue weighted by Gasteiger charge is 2.38. The van der Waals surface area contributed by atoms with E-state index in [1.54, 1.807) is 0 Å². The molecule has 110 valence electrons. The fourth-order valence-electron chi connectivity index (χ4n) is 2.25. The Labute approximate surface area is 115 Å². The van der Waals surface area contributed by atoms with E-state index >= 15 is 0 Å². The summed E-state index contributed by atoms with van der Waals surface area (Å²) in [5.41, 5.74) is 0.137. The SMILES string of the molecule is CC.COC(C)(C)C(C)(C)CN1CCC(C)CC1. The standard InChI is InChI=1S/C14H29NO.C2H6/c1-12-7-9-15(10-8-12)11-13(2,3)14(4,5)16-6;1-2/h12H,7-11H2,1-6H3;1-2H3. The zero-order valence-electron chi connectivity index (χ0n) is 14.0. The lowest BCUT2D eigenvalue weighted by Crippen LogP contribution is -2.50. The van der Waals surface area contributed by atoms with Crippen LogP contribution in [0.5, 0.6) is 0 Å². The van der Waals surface area contributed by atoms with E-state index in [0.717, 1.165) is 12.5 Å². The molecule has 0 saturated carbocycles. The molecule has 0 aliphatic carbocycles. The van der Waals surface area contributed by atoms with Gasteiger partial charge in [-0.25, -0.2) is 0 Å². The molecular weight excluding hydrogens is 222 g/mol. The molecule has 1 aliphatic heterocycles. The zero-order valence-corrected chi connectivity index (χ0v) is 14.0. The van der Waals surface area contributed by atoms with Crippen molar-refractivity contribution in [1.29, 1.82) is 0 Å². The van der Waals surface area contributed by atoms with Crippen LogP contribution in [0.1, 0.15) is 61.3 Å². The second-order valence-corrected chi connectivity index (χ2v) is 6.56. The minimum atomic E-state index is -0.0595. The maximum absolute atomic E-state index is 5.64. The van der Waals surface area contributed by atoms with Crippen LogP contribution >= 0.6 is 0 Å². The van der Waals surface area contributed by atoms with Crippen LogP contribution in [0, 0.1) is 11.3 Å². The minimum absolute atomic E-state index is 0.0595. The van der Waals surface area contributed by atoms with Gasteiger partial charge in [0, 0.05) is 19.1 Å². The largest absolute Gasteiger partial charge is 0.378 e. The first kappa shape index (κ1) is 17.9. The van der Waals surface area contributed by atoms with Gasteiger partial charge >= 0.3 is 0 Å². The molecule has 0 aromatic heterocycles. The van der Waals surface area contributed by atoms with Crippen LogP contribution in [0.4, 0.5) is 0 Å². The van der Waals surface area contributed by atoms with Crippen LogP contribution in [0.2, 0.25) is 0 Å². The van der Waals surface area contributed by atoms with Crippen molar-refractivity contribution in [3.63, 3.8) is 0 Å². The number of piperidine rings is 1. The monoisotopic (exact) mass is 257 g/mol. The molecule has 0 bridgehead atoms. The molecule has 1 rings (SSSR count). The van der Waals surface area contributed by atoms with Gasteiger partial charge in [0.25, 0.3) is 0 Å². The molecule has 2 heteroatoms. The lowest BCUT2D eigenvalue weighted by Gasteiger charge is -2.45. The van der Waals surface area contributed by atoms with Crippen LogP contribution in [-0.4, -0.2) is 37.2 Å². The molecule has 0 aromatic rings. The summed E-state index contributed by atoms with van der Waals surface area (Å²) in [7, 11) is 1.82. The van der Waals surface area contributed by atoms with Crippen LogP contribution in [0.25, 0.3) is 0 Å². The first-order chi connectivity index (χ1) is 8.28. The summed E-state index contributed by atoms with van der Waals surface area (Å²) in [6, 6.07) is 0. The Kier molecular flexibility index (Phi) is 7.46. The molecule has 0 unspecified atom stereocenters. The van der Waals surface area contributed by atoms with E-state index < -0.39 is 0 Å². The summed E-state index contributed by atoms with van der Waals surface area (Å²) in [6.07, 6.45) is 2.70. The molecule has 0 spiro atoms. The highest BCUT2D eigenvalue weighted by atomic mass is 16.5. The Hall–Kier alpha value is -0.0800. The fraction of sp³-hybridized carbons (Fsp3) is 1.00. The van der Waals surface area contributed by atoms with E-state index in [0.29, 0.717) is 0 Å². The van der Waals surface area contributed by atoms with Gasteiger partial charge in [-0.1, -0.05) is 34.6 Å². The van der Waals surface area contributed by atoms with E-state index in [-0.39, 0.29) is 11.0 Å². The topological polar surface area (TPSA) is 12.5 Å². The summed E-state index contributed by atoms with van der Waals surface area (Å²) in [5.74, 6) is 0.912. The summed E-state index contributed by atoms with van der Waals surface area (Å²) < 4.78 is 5.64. The highest BCUT2D eigenvalue weighted by Crippen LogP contribution is 2.34. The van der Waals surface area contributed by atoms with Crippen molar-refractivity contribution in [1.82, 2.24) is 4.90 Å². The lowest BCUT2D eigenvalue weighted by molar-refractivity contribution is -0.0854. The highest BCUT2D eigenvalue weighted by molar-refractivity contribution is 4.90. The van der Waals surface area contributed by atoms with E-state index in [9.17, 15) is 0 Å². The third kappa shape index (κ3) is 4.89. The molecule has 1 aliphatic rings. The van der Waals surface area contributed by atoms with Gasteiger partial charge in [0.2, 0.25) is 0 Å². The minimum Gasteiger partial charge on any atom is -0.378 e. The van der Waals surface area contributed by atoms with Gasteiger partial charge in [-0.15, -0.1) is 0 Å². The molecule has 0 atom stereocenters. The van der Waals surface area contributed by atoms with Crippen molar-refractivity contribution in [3.05, 3.63) is 0 Å². The maximum Gasteiger partial charge on any atom is 0.0685 e. The number of hydrogen-bond acceptors (Lipinski definition) is 2. The summed E-state index contributed by atoms with van der Waals surface area (Å²) in [4.78, 5) is 2.60. The number of rotatable bonds is 4. The molecule has 18 heavy (non-hydrogen) atoms. The lowest BCUT2D eigenvalue weighted by atomic mass is 9.76. The number of methoxy groups -OCH3 is 1. The van der Waals surface area contributed by atoms with E-state index in [1.165, 1.54) is 25.9 Å². The molecule has 0 N–H and O–H groups in total. The van der Waals surface area contributed by atoms with Crippen LogP contribution in [0.15, 0.2) is 0 Å². The quantitative estimate of drug-likeness (QED) is 0.748. The summed E-state index contributed by atoms with van der Waals surface area (Å²) >= 11 is 0. The summed E-state index contributed by atoms with van der Waals surface area (Å²) in [6.45, 7) is 19.0. The average Bonchev–Trinajstić information content (AvgIpc) is 2.34. The van der Waals surface area contributed by atoms with Crippen molar-refractivity contribution in [3.8, 4) is 0 Å². The number of hydrogen-bond donors (Lipinski definition) is 0. The first-order valence-corrected chi connectivity index (χ1v) is 7.56. The number of ether oxygens (including phenoxy) is 1. The van der Waals surface area contributed by atoms with Gasteiger partial charge in [0.15, 0.2) is 0 Å². The van der Waals surface area contributed by atoms with Gasteiger partial charge < -0.3 is 9.64 Å². The molecule has 1 fully saturated rings. The number of likely N-dealkylation sites (tertiary alicyclic amines) is 1. The Morgan fingerprint density at radius 2 is 1.50 bits per heavy atom. The van der Waals surface area contributed by atoms with E-state index in [1.807, 2.05) is 21.0 Å². The van der Waals surface area contributed by atoms with Crippen molar-refractivity contribution < 1.29 is 4.74 Å². The van der Waals surface area contributed by atoms with Crippen LogP contribution < -0.4 is 0 Å². The maximum atomic E-state index is 5.64. The zero-order chi connectivity index (χ0) is 14.4. The average molecular weight is 257 g/mol. The van der Waals surface area contributed by atoms with Gasteiger partial charge in [0.05, 0.1) is 5.60 Å². The molecule has 1 heterocycles. The Bertz CT molecular complexity index is 215. The molecular formula is C16H35NO. The van der Waals surface area contributed by atoms with Crippen LogP contribution in [0.3, 0.4) is 0 Å². The van der Waals surface area contributed by atoms with Crippen molar-refractivity contribution in [2.45, 2.75) is 66.9 Å². The third-order valence-corrected chi connectivity index (χ3v) is 4.64. The van der Waals surface area contributed by atoms with Gasteiger partial charge in [-0.3, -0.25) is 0 Å². The predicted molar refractivity (Wildman–Crippen MR) is 81.1 cm³/mol. The summed E-state index contributed by atoms with van der Waals surface area (Å²) in [5, 5.41) is 0. The van der Waals surface area contributed by atoms with Gasteiger partial charge in [0.1, 0.15) is 0 Å².